The molecule has 1 heterocycles. The Bertz CT molecular complexity index is 343. The third kappa shape index (κ3) is 4.11. The van der Waals surface area contributed by atoms with E-state index in [0.717, 1.165) is 0 Å². The molecule has 16 heavy (non-hydrogen) atoms. The minimum Gasteiger partial charge on any atom is -0.496 e. The van der Waals surface area contributed by atoms with E-state index in [1.165, 1.54) is 11.3 Å². The lowest BCUT2D eigenvalue weighted by molar-refractivity contribution is 0.0954. The fourth-order valence-corrected chi connectivity index (χ4v) is 2.27. The summed E-state index contributed by atoms with van der Waals surface area (Å²) in [5.74, 6) is 0.622. The topological polar surface area (TPSA) is 47.6 Å². The minimum atomic E-state index is -0.0890. The SMILES string of the molecule is COCC(Br)CNC(=O)c1cc(OC)cs1. The van der Waals surface area contributed by atoms with Gasteiger partial charge >= 0.3 is 0 Å². The second-order valence-corrected chi connectivity index (χ2v) is 5.32. The molecule has 90 valence electrons. The van der Waals surface area contributed by atoms with Gasteiger partial charge in [0.15, 0.2) is 0 Å². The van der Waals surface area contributed by atoms with Gasteiger partial charge in [0.05, 0.1) is 23.4 Å². The molecule has 1 atom stereocenters. The number of hydrogen-bond donors (Lipinski definition) is 1. The van der Waals surface area contributed by atoms with Crippen LogP contribution in [0.15, 0.2) is 11.4 Å². The number of rotatable bonds is 6. The van der Waals surface area contributed by atoms with Crippen molar-refractivity contribution in [1.29, 1.82) is 0 Å². The number of carbonyl (C=O) groups excluding carboxylic acids is 1. The standard InChI is InChI=1S/C10H14BrNO3S/c1-14-5-7(11)4-12-10(13)9-3-8(15-2)6-16-9/h3,6-7H,4-5H2,1-2H3,(H,12,13). The van der Waals surface area contributed by atoms with Crippen molar-refractivity contribution in [2.24, 2.45) is 0 Å². The fourth-order valence-electron chi connectivity index (χ4n) is 1.08. The van der Waals surface area contributed by atoms with Gasteiger partial charge in [-0.05, 0) is 0 Å². The molecule has 1 aromatic heterocycles. The van der Waals surface area contributed by atoms with Crippen LogP contribution in [0.25, 0.3) is 0 Å². The highest BCUT2D eigenvalue weighted by molar-refractivity contribution is 9.09. The largest absolute Gasteiger partial charge is 0.496 e. The molecular formula is C10H14BrNO3S. The highest BCUT2D eigenvalue weighted by atomic mass is 79.9. The molecule has 0 aliphatic heterocycles. The van der Waals surface area contributed by atoms with Crippen molar-refractivity contribution in [3.05, 3.63) is 16.3 Å². The predicted molar refractivity (Wildman–Crippen MR) is 67.8 cm³/mol. The van der Waals surface area contributed by atoms with E-state index in [2.05, 4.69) is 21.2 Å². The first-order chi connectivity index (χ1) is 7.67. The number of hydrogen-bond acceptors (Lipinski definition) is 4. The average molecular weight is 308 g/mol. The van der Waals surface area contributed by atoms with Crippen molar-refractivity contribution in [2.45, 2.75) is 4.83 Å². The first kappa shape index (κ1) is 13.5. The van der Waals surface area contributed by atoms with Crippen molar-refractivity contribution in [3.63, 3.8) is 0 Å². The second-order valence-electron chi connectivity index (χ2n) is 3.11. The first-order valence-corrected chi connectivity index (χ1v) is 6.50. The Kier molecular flexibility index (Phi) is 5.79. The maximum absolute atomic E-state index is 11.7. The molecule has 0 aliphatic carbocycles. The molecule has 1 amide bonds. The van der Waals surface area contributed by atoms with Gasteiger partial charge < -0.3 is 14.8 Å². The van der Waals surface area contributed by atoms with E-state index in [1.54, 1.807) is 25.7 Å². The number of thiophene rings is 1. The maximum Gasteiger partial charge on any atom is 0.261 e. The van der Waals surface area contributed by atoms with Crippen LogP contribution in [-0.2, 0) is 4.74 Å². The summed E-state index contributed by atoms with van der Waals surface area (Å²) in [7, 11) is 3.21. The number of halogens is 1. The zero-order valence-corrected chi connectivity index (χ0v) is 11.6. The lowest BCUT2D eigenvalue weighted by atomic mass is 10.4. The number of ether oxygens (including phenoxy) is 2. The van der Waals surface area contributed by atoms with Gasteiger partial charge in [0, 0.05) is 25.1 Å². The molecule has 1 rings (SSSR count). The number of alkyl halides is 1. The Hall–Kier alpha value is -0.590. The van der Waals surface area contributed by atoms with Crippen molar-refractivity contribution < 1.29 is 14.3 Å². The van der Waals surface area contributed by atoms with Crippen molar-refractivity contribution >= 4 is 33.2 Å². The minimum absolute atomic E-state index is 0.0890. The number of carbonyl (C=O) groups is 1. The Morgan fingerprint density at radius 1 is 1.62 bits per heavy atom. The molecule has 0 radical (unpaired) electrons. The van der Waals surface area contributed by atoms with Crippen LogP contribution in [0, 0.1) is 0 Å². The van der Waals surface area contributed by atoms with Crippen LogP contribution in [0.3, 0.4) is 0 Å². The Labute approximate surface area is 107 Å². The Morgan fingerprint density at radius 2 is 2.38 bits per heavy atom. The van der Waals surface area contributed by atoms with Gasteiger partial charge in [0.25, 0.3) is 5.91 Å². The van der Waals surface area contributed by atoms with E-state index in [9.17, 15) is 4.79 Å². The summed E-state index contributed by atoms with van der Waals surface area (Å²) in [4.78, 5) is 12.4. The van der Waals surface area contributed by atoms with Crippen molar-refractivity contribution in [2.75, 3.05) is 27.4 Å². The Morgan fingerprint density at radius 3 is 2.94 bits per heavy atom. The third-order valence-corrected chi connectivity index (χ3v) is 3.36. The lowest BCUT2D eigenvalue weighted by Gasteiger charge is -2.08. The zero-order chi connectivity index (χ0) is 12.0. The van der Waals surface area contributed by atoms with Crippen LogP contribution in [0.1, 0.15) is 9.67 Å². The summed E-state index contributed by atoms with van der Waals surface area (Å²) >= 11 is 4.76. The first-order valence-electron chi connectivity index (χ1n) is 4.71. The summed E-state index contributed by atoms with van der Waals surface area (Å²) in [6, 6.07) is 1.72. The van der Waals surface area contributed by atoms with E-state index in [1.807, 2.05) is 0 Å². The Balaban J connectivity index is 2.40. The molecule has 0 spiro atoms. The van der Waals surface area contributed by atoms with Gasteiger partial charge in [-0.2, -0.15) is 0 Å². The molecule has 0 aliphatic rings. The van der Waals surface area contributed by atoms with Crippen LogP contribution in [0.2, 0.25) is 0 Å². The molecule has 0 fully saturated rings. The number of methoxy groups -OCH3 is 2. The highest BCUT2D eigenvalue weighted by Gasteiger charge is 2.11. The molecule has 0 saturated heterocycles. The van der Waals surface area contributed by atoms with E-state index in [0.29, 0.717) is 23.8 Å². The number of nitrogens with one attached hydrogen (secondary N) is 1. The molecule has 0 saturated carbocycles. The molecule has 1 N–H and O–H groups in total. The van der Waals surface area contributed by atoms with Crippen LogP contribution in [0.5, 0.6) is 5.75 Å². The van der Waals surface area contributed by atoms with Gasteiger partial charge in [-0.1, -0.05) is 15.9 Å². The molecule has 0 bridgehead atoms. The second kappa shape index (κ2) is 6.88. The molecule has 1 unspecified atom stereocenters. The van der Waals surface area contributed by atoms with E-state index in [4.69, 9.17) is 9.47 Å². The molecule has 0 aromatic carbocycles. The average Bonchev–Trinajstić information content (AvgIpc) is 2.75. The van der Waals surface area contributed by atoms with Gasteiger partial charge in [0.1, 0.15) is 5.75 Å². The summed E-state index contributed by atoms with van der Waals surface area (Å²) < 4.78 is 9.96. The monoisotopic (exact) mass is 307 g/mol. The normalized spacial score (nSPS) is 12.2. The zero-order valence-electron chi connectivity index (χ0n) is 9.16. The predicted octanol–water partition coefficient (Wildman–Crippen LogP) is 1.90. The molecule has 4 nitrogen and oxygen atoms in total. The highest BCUT2D eigenvalue weighted by Crippen LogP contribution is 2.20. The van der Waals surface area contributed by atoms with Gasteiger partial charge in [0.2, 0.25) is 0 Å². The molecular weight excluding hydrogens is 294 g/mol. The van der Waals surface area contributed by atoms with Crippen LogP contribution in [-0.4, -0.2) is 38.1 Å². The smallest absolute Gasteiger partial charge is 0.261 e. The van der Waals surface area contributed by atoms with Gasteiger partial charge in [-0.25, -0.2) is 0 Å². The molecule has 6 heteroatoms. The summed E-state index contributed by atoms with van der Waals surface area (Å²) in [6.07, 6.45) is 0. The third-order valence-electron chi connectivity index (χ3n) is 1.87. The quantitative estimate of drug-likeness (QED) is 0.817. The van der Waals surface area contributed by atoms with Crippen LogP contribution in [0.4, 0.5) is 0 Å². The van der Waals surface area contributed by atoms with Crippen LogP contribution >= 0.6 is 27.3 Å². The van der Waals surface area contributed by atoms with Gasteiger partial charge in [-0.3, -0.25) is 4.79 Å². The maximum atomic E-state index is 11.7. The van der Waals surface area contributed by atoms with E-state index < -0.39 is 0 Å². The number of amides is 1. The lowest BCUT2D eigenvalue weighted by Crippen LogP contribution is -2.30. The summed E-state index contributed by atoms with van der Waals surface area (Å²) in [5.41, 5.74) is 0. The molecule has 1 aromatic rings. The summed E-state index contributed by atoms with van der Waals surface area (Å²) in [5, 5.41) is 4.61. The van der Waals surface area contributed by atoms with Gasteiger partial charge in [-0.15, -0.1) is 11.3 Å². The van der Waals surface area contributed by atoms with Crippen molar-refractivity contribution in [3.8, 4) is 5.75 Å². The fraction of sp³-hybridized carbons (Fsp3) is 0.500. The summed E-state index contributed by atoms with van der Waals surface area (Å²) in [6.45, 7) is 1.10. The van der Waals surface area contributed by atoms with E-state index in [-0.39, 0.29) is 10.7 Å². The van der Waals surface area contributed by atoms with Crippen molar-refractivity contribution in [1.82, 2.24) is 5.32 Å². The van der Waals surface area contributed by atoms with Crippen LogP contribution < -0.4 is 10.1 Å². The van der Waals surface area contributed by atoms with E-state index >= 15 is 0 Å².